The minimum Gasteiger partial charge on any atom is -0.507 e. The average molecular weight is 461 g/mol. The van der Waals surface area contributed by atoms with Crippen molar-refractivity contribution in [2.45, 2.75) is 32.2 Å². The fourth-order valence-corrected chi connectivity index (χ4v) is 4.49. The molecule has 3 aromatic rings. The number of carbonyl (C=O) groups excluding carboxylic acids is 1. The van der Waals surface area contributed by atoms with Gasteiger partial charge in [-0.05, 0) is 29.2 Å². The standard InChI is InChI=1S/C27H28N2O5/c1-32-21-12-24(30)26(25(13-21)34-16-18-6-3-2-4-7-18)27(31)29-14-19-8-5-9-23(22(19)15-29)28-20-10-11-33-17-20/h2-9,12-13,20,28,30H,10-11,14-17H2,1H3/t20-/m1/s1. The zero-order valence-electron chi connectivity index (χ0n) is 19.1. The predicted octanol–water partition coefficient (Wildman–Crippen LogP) is 4.34. The Morgan fingerprint density at radius 2 is 2.00 bits per heavy atom. The number of hydrogen-bond acceptors (Lipinski definition) is 6. The lowest BCUT2D eigenvalue weighted by molar-refractivity contribution is 0.0743. The zero-order valence-corrected chi connectivity index (χ0v) is 19.1. The Bertz CT molecular complexity index is 1180. The number of aromatic hydroxyl groups is 1. The first-order valence-corrected chi connectivity index (χ1v) is 11.4. The molecule has 1 atom stereocenters. The molecule has 34 heavy (non-hydrogen) atoms. The van der Waals surface area contributed by atoms with Crippen molar-refractivity contribution in [2.24, 2.45) is 0 Å². The minimum absolute atomic E-state index is 0.142. The van der Waals surface area contributed by atoms with Gasteiger partial charge in [-0.25, -0.2) is 0 Å². The fourth-order valence-electron chi connectivity index (χ4n) is 4.49. The fraction of sp³-hybridized carbons (Fsp3) is 0.296. The monoisotopic (exact) mass is 460 g/mol. The van der Waals surface area contributed by atoms with E-state index in [4.69, 9.17) is 14.2 Å². The van der Waals surface area contributed by atoms with Gasteiger partial charge >= 0.3 is 0 Å². The molecule has 7 nitrogen and oxygen atoms in total. The number of phenols is 1. The lowest BCUT2D eigenvalue weighted by atomic mass is 10.1. The number of carbonyl (C=O) groups is 1. The molecule has 176 valence electrons. The normalized spacial score (nSPS) is 16.9. The van der Waals surface area contributed by atoms with Crippen LogP contribution in [0.4, 0.5) is 5.69 Å². The molecule has 3 aromatic carbocycles. The highest BCUT2D eigenvalue weighted by Crippen LogP contribution is 2.38. The summed E-state index contributed by atoms with van der Waals surface area (Å²) in [5.41, 5.74) is 4.33. The Morgan fingerprint density at radius 3 is 2.76 bits per heavy atom. The molecule has 0 spiro atoms. The molecule has 1 fully saturated rings. The molecule has 0 radical (unpaired) electrons. The van der Waals surface area contributed by atoms with E-state index in [-0.39, 0.29) is 29.9 Å². The van der Waals surface area contributed by atoms with Crippen LogP contribution in [0.5, 0.6) is 17.2 Å². The van der Waals surface area contributed by atoms with Crippen LogP contribution in [0.2, 0.25) is 0 Å². The van der Waals surface area contributed by atoms with Crippen LogP contribution in [-0.4, -0.2) is 42.3 Å². The van der Waals surface area contributed by atoms with E-state index in [2.05, 4.69) is 5.32 Å². The Morgan fingerprint density at radius 1 is 1.15 bits per heavy atom. The highest BCUT2D eigenvalue weighted by atomic mass is 16.5. The molecule has 0 bridgehead atoms. The molecule has 5 rings (SSSR count). The molecule has 2 N–H and O–H groups in total. The summed E-state index contributed by atoms with van der Waals surface area (Å²) in [6.07, 6.45) is 0.966. The quantitative estimate of drug-likeness (QED) is 0.546. The van der Waals surface area contributed by atoms with E-state index in [0.29, 0.717) is 31.2 Å². The Kier molecular flexibility index (Phi) is 6.27. The van der Waals surface area contributed by atoms with Gasteiger partial charge in [-0.15, -0.1) is 0 Å². The van der Waals surface area contributed by atoms with E-state index in [1.54, 1.807) is 11.0 Å². The number of rotatable bonds is 7. The van der Waals surface area contributed by atoms with E-state index in [1.807, 2.05) is 48.5 Å². The summed E-state index contributed by atoms with van der Waals surface area (Å²) < 4.78 is 16.8. The summed E-state index contributed by atoms with van der Waals surface area (Å²) in [7, 11) is 1.51. The first kappa shape index (κ1) is 22.1. The van der Waals surface area contributed by atoms with E-state index in [1.165, 1.54) is 13.2 Å². The molecule has 0 aromatic heterocycles. The van der Waals surface area contributed by atoms with Crippen LogP contribution in [-0.2, 0) is 24.4 Å². The maximum Gasteiger partial charge on any atom is 0.262 e. The number of methoxy groups -OCH3 is 1. The third-order valence-corrected chi connectivity index (χ3v) is 6.30. The second-order valence-corrected chi connectivity index (χ2v) is 8.60. The summed E-state index contributed by atoms with van der Waals surface area (Å²) in [5, 5.41) is 14.3. The lowest BCUT2D eigenvalue weighted by Gasteiger charge is -2.20. The molecule has 2 aliphatic rings. The SMILES string of the molecule is COc1cc(O)c(C(=O)N2Cc3cccc(N[C@@H]4CCOC4)c3C2)c(OCc2ccccc2)c1. The van der Waals surface area contributed by atoms with Gasteiger partial charge in [0.1, 0.15) is 29.4 Å². The van der Waals surface area contributed by atoms with Gasteiger partial charge in [0, 0.05) is 37.5 Å². The number of benzene rings is 3. The molecule has 1 amide bonds. The van der Waals surface area contributed by atoms with Crippen molar-refractivity contribution in [3.63, 3.8) is 0 Å². The first-order chi connectivity index (χ1) is 16.6. The van der Waals surface area contributed by atoms with E-state index >= 15 is 0 Å². The summed E-state index contributed by atoms with van der Waals surface area (Å²) in [6, 6.07) is 19.1. The number of fused-ring (bicyclic) bond motifs is 1. The van der Waals surface area contributed by atoms with Crippen LogP contribution >= 0.6 is 0 Å². The van der Waals surface area contributed by atoms with Crippen LogP contribution in [0.25, 0.3) is 0 Å². The van der Waals surface area contributed by atoms with E-state index in [0.717, 1.165) is 35.4 Å². The molecule has 7 heteroatoms. The molecule has 0 unspecified atom stereocenters. The molecule has 0 aliphatic carbocycles. The molecule has 0 saturated carbocycles. The van der Waals surface area contributed by atoms with Crippen molar-refractivity contribution in [2.75, 3.05) is 25.6 Å². The molecule has 2 heterocycles. The number of hydrogen-bond donors (Lipinski definition) is 2. The maximum atomic E-state index is 13.6. The van der Waals surface area contributed by atoms with Crippen LogP contribution in [0.3, 0.4) is 0 Å². The van der Waals surface area contributed by atoms with Gasteiger partial charge in [0.15, 0.2) is 0 Å². The van der Waals surface area contributed by atoms with Crippen molar-refractivity contribution in [3.8, 4) is 17.2 Å². The Hall–Kier alpha value is -3.71. The average Bonchev–Trinajstić information content (AvgIpc) is 3.53. The molecular weight excluding hydrogens is 432 g/mol. The van der Waals surface area contributed by atoms with Gasteiger partial charge < -0.3 is 29.5 Å². The number of ether oxygens (including phenoxy) is 3. The first-order valence-electron chi connectivity index (χ1n) is 11.4. The smallest absolute Gasteiger partial charge is 0.262 e. The zero-order chi connectivity index (χ0) is 23.5. The number of nitrogens with one attached hydrogen (secondary N) is 1. The highest BCUT2D eigenvalue weighted by molar-refractivity contribution is 6.00. The number of anilines is 1. The highest BCUT2D eigenvalue weighted by Gasteiger charge is 2.31. The summed E-state index contributed by atoms with van der Waals surface area (Å²) in [4.78, 5) is 15.4. The topological polar surface area (TPSA) is 80.3 Å². The molecular formula is C27H28N2O5. The number of amides is 1. The van der Waals surface area contributed by atoms with Crippen LogP contribution in [0, 0.1) is 0 Å². The Labute approximate surface area is 198 Å². The maximum absolute atomic E-state index is 13.6. The van der Waals surface area contributed by atoms with E-state index in [9.17, 15) is 9.90 Å². The van der Waals surface area contributed by atoms with Crippen LogP contribution in [0.15, 0.2) is 60.7 Å². The predicted molar refractivity (Wildman–Crippen MR) is 128 cm³/mol. The second kappa shape index (κ2) is 9.65. The largest absolute Gasteiger partial charge is 0.507 e. The van der Waals surface area contributed by atoms with Gasteiger partial charge in [0.05, 0.1) is 19.8 Å². The van der Waals surface area contributed by atoms with Crippen molar-refractivity contribution in [3.05, 3.63) is 82.9 Å². The summed E-state index contributed by atoms with van der Waals surface area (Å²) in [6.45, 7) is 2.64. The summed E-state index contributed by atoms with van der Waals surface area (Å²) in [5.74, 6) is 0.273. The third kappa shape index (κ3) is 4.52. The summed E-state index contributed by atoms with van der Waals surface area (Å²) >= 11 is 0. The second-order valence-electron chi connectivity index (χ2n) is 8.60. The van der Waals surface area contributed by atoms with Crippen LogP contribution < -0.4 is 14.8 Å². The van der Waals surface area contributed by atoms with Gasteiger partial charge in [-0.2, -0.15) is 0 Å². The molecule has 2 aliphatic heterocycles. The number of phenolic OH excluding ortho intramolecular Hbond substituents is 1. The van der Waals surface area contributed by atoms with Gasteiger partial charge in [0.25, 0.3) is 5.91 Å². The van der Waals surface area contributed by atoms with Gasteiger partial charge in [-0.3, -0.25) is 4.79 Å². The number of nitrogens with zero attached hydrogens (tertiary/aromatic N) is 1. The Balaban J connectivity index is 1.39. The lowest BCUT2D eigenvalue weighted by Crippen LogP contribution is -2.26. The van der Waals surface area contributed by atoms with Gasteiger partial charge in [-0.1, -0.05) is 42.5 Å². The van der Waals surface area contributed by atoms with Crippen molar-refractivity contribution < 1.29 is 24.1 Å². The molecule has 1 saturated heterocycles. The van der Waals surface area contributed by atoms with Crippen LogP contribution in [0.1, 0.15) is 33.5 Å². The van der Waals surface area contributed by atoms with Crippen molar-refractivity contribution in [1.82, 2.24) is 4.90 Å². The minimum atomic E-state index is -0.283. The van der Waals surface area contributed by atoms with E-state index < -0.39 is 0 Å². The van der Waals surface area contributed by atoms with Crippen molar-refractivity contribution in [1.29, 1.82) is 0 Å². The van der Waals surface area contributed by atoms with Gasteiger partial charge in [0.2, 0.25) is 0 Å². The van der Waals surface area contributed by atoms with Crippen molar-refractivity contribution >= 4 is 11.6 Å². The third-order valence-electron chi connectivity index (χ3n) is 6.30.